The first-order valence-electron chi connectivity index (χ1n) is 6.15. The third kappa shape index (κ3) is 2.09. The number of nitrogens with one attached hydrogen (secondary N) is 1. The van der Waals surface area contributed by atoms with E-state index in [4.69, 9.17) is 5.53 Å². The lowest BCUT2D eigenvalue weighted by Crippen LogP contribution is -2.02. The molecule has 0 aliphatic heterocycles. The van der Waals surface area contributed by atoms with Gasteiger partial charge in [0.05, 0.1) is 11.4 Å². The fourth-order valence-corrected chi connectivity index (χ4v) is 2.14. The van der Waals surface area contributed by atoms with Gasteiger partial charge >= 0.3 is 0 Å². The summed E-state index contributed by atoms with van der Waals surface area (Å²) in [6.45, 7) is 0. The molecule has 0 spiro atoms. The van der Waals surface area contributed by atoms with Gasteiger partial charge in [-0.2, -0.15) is 5.11 Å². The molecular formula is C15H12N4O. The number of rotatable bonds is 3. The van der Waals surface area contributed by atoms with Gasteiger partial charge in [-0.05, 0) is 29.7 Å². The Morgan fingerprint density at radius 3 is 2.70 bits per heavy atom. The molecule has 5 nitrogen and oxygen atoms in total. The van der Waals surface area contributed by atoms with Crippen LogP contribution in [0.15, 0.2) is 60.0 Å². The number of hydrogen-bond acceptors (Lipinski definition) is 5. The summed E-state index contributed by atoms with van der Waals surface area (Å²) in [6.07, 6.45) is 3.27. The van der Waals surface area contributed by atoms with Crippen molar-refractivity contribution in [2.24, 2.45) is 5.11 Å². The van der Waals surface area contributed by atoms with Crippen molar-refractivity contribution in [3.8, 4) is 5.75 Å². The molecule has 0 radical (unpaired) electrons. The molecule has 1 atom stereocenters. The Kier molecular flexibility index (Phi) is 3.09. The predicted molar refractivity (Wildman–Crippen MR) is 74.6 cm³/mol. The first-order chi connectivity index (χ1) is 9.79. The van der Waals surface area contributed by atoms with Crippen LogP contribution >= 0.6 is 0 Å². The van der Waals surface area contributed by atoms with Gasteiger partial charge in [0.15, 0.2) is 6.04 Å². The normalized spacial score (nSPS) is 12.2. The molecule has 1 unspecified atom stereocenters. The minimum absolute atomic E-state index is 0.193. The van der Waals surface area contributed by atoms with Crippen LogP contribution in [0.3, 0.4) is 0 Å². The van der Waals surface area contributed by atoms with E-state index in [2.05, 4.69) is 15.1 Å². The molecule has 0 bridgehead atoms. The molecule has 0 aliphatic rings. The summed E-state index contributed by atoms with van der Waals surface area (Å²) in [5.41, 5.74) is 8.69. The molecule has 2 heterocycles. The van der Waals surface area contributed by atoms with Gasteiger partial charge in [-0.3, -0.25) is 9.97 Å². The van der Waals surface area contributed by atoms with E-state index in [9.17, 15) is 5.11 Å². The van der Waals surface area contributed by atoms with Crippen LogP contribution in [-0.4, -0.2) is 15.1 Å². The Hall–Kier alpha value is -2.82. The number of benzene rings is 1. The summed E-state index contributed by atoms with van der Waals surface area (Å²) < 4.78 is 0. The van der Waals surface area contributed by atoms with E-state index in [-0.39, 0.29) is 5.75 Å². The smallest absolute Gasteiger partial charge is 0.154 e. The van der Waals surface area contributed by atoms with Crippen LogP contribution in [0.2, 0.25) is 0 Å². The summed E-state index contributed by atoms with van der Waals surface area (Å²) in [6, 6.07) is 12.1. The number of phenolic OH excluding ortho intramolecular Hbond substituents is 1. The quantitative estimate of drug-likeness (QED) is 0.711. The molecule has 20 heavy (non-hydrogen) atoms. The SMILES string of the molecule is N=NC(c1ccccn1)c1cc2cccc(O)c2cn1. The highest BCUT2D eigenvalue weighted by molar-refractivity contribution is 5.87. The average Bonchev–Trinajstić information content (AvgIpc) is 2.49. The number of aromatic hydroxyl groups is 1. The molecule has 3 rings (SSSR count). The van der Waals surface area contributed by atoms with Crippen molar-refractivity contribution in [1.82, 2.24) is 9.97 Å². The Morgan fingerprint density at radius 1 is 1.05 bits per heavy atom. The van der Waals surface area contributed by atoms with Gasteiger partial charge in [-0.1, -0.05) is 18.2 Å². The summed E-state index contributed by atoms with van der Waals surface area (Å²) in [5.74, 6) is 0.193. The van der Waals surface area contributed by atoms with E-state index >= 15 is 0 Å². The minimum Gasteiger partial charge on any atom is -0.507 e. The van der Waals surface area contributed by atoms with E-state index < -0.39 is 6.04 Å². The molecule has 0 saturated carbocycles. The largest absolute Gasteiger partial charge is 0.507 e. The van der Waals surface area contributed by atoms with E-state index in [1.54, 1.807) is 24.5 Å². The summed E-state index contributed by atoms with van der Waals surface area (Å²) in [7, 11) is 0. The topological polar surface area (TPSA) is 82.2 Å². The van der Waals surface area contributed by atoms with E-state index in [1.165, 1.54) is 0 Å². The lowest BCUT2D eigenvalue weighted by atomic mass is 10.1. The zero-order valence-electron chi connectivity index (χ0n) is 10.6. The number of aromatic nitrogens is 2. The molecule has 0 saturated heterocycles. The molecular weight excluding hydrogens is 252 g/mol. The molecule has 0 amide bonds. The molecule has 0 fully saturated rings. The Bertz CT molecular complexity index is 758. The predicted octanol–water partition coefficient (Wildman–Crippen LogP) is 3.46. The molecule has 2 N–H and O–H groups in total. The van der Waals surface area contributed by atoms with Gasteiger partial charge in [-0.15, -0.1) is 0 Å². The second-order valence-electron chi connectivity index (χ2n) is 4.39. The highest BCUT2D eigenvalue weighted by atomic mass is 16.3. The van der Waals surface area contributed by atoms with Crippen molar-refractivity contribution >= 4 is 10.8 Å². The lowest BCUT2D eigenvalue weighted by Gasteiger charge is -2.10. The van der Waals surface area contributed by atoms with Crippen molar-refractivity contribution in [3.63, 3.8) is 0 Å². The molecule has 1 aromatic carbocycles. The van der Waals surface area contributed by atoms with Crippen molar-refractivity contribution in [1.29, 1.82) is 5.53 Å². The van der Waals surface area contributed by atoms with Crippen LogP contribution in [-0.2, 0) is 0 Å². The molecule has 2 aromatic heterocycles. The average molecular weight is 264 g/mol. The van der Waals surface area contributed by atoms with E-state index in [1.807, 2.05) is 30.3 Å². The molecule has 98 valence electrons. The number of nitrogens with zero attached hydrogens (tertiary/aromatic N) is 3. The van der Waals surface area contributed by atoms with Crippen LogP contribution in [0, 0.1) is 5.53 Å². The van der Waals surface area contributed by atoms with Gasteiger partial charge in [0.25, 0.3) is 0 Å². The maximum atomic E-state index is 9.76. The van der Waals surface area contributed by atoms with E-state index in [0.29, 0.717) is 16.8 Å². The van der Waals surface area contributed by atoms with Crippen LogP contribution in [0.25, 0.3) is 10.8 Å². The van der Waals surface area contributed by atoms with Crippen LogP contribution in [0.1, 0.15) is 17.4 Å². The maximum Gasteiger partial charge on any atom is 0.154 e. The molecule has 5 heteroatoms. The third-order valence-electron chi connectivity index (χ3n) is 3.14. The van der Waals surface area contributed by atoms with Gasteiger partial charge in [0.2, 0.25) is 0 Å². The fourth-order valence-electron chi connectivity index (χ4n) is 2.14. The Morgan fingerprint density at radius 2 is 1.95 bits per heavy atom. The maximum absolute atomic E-state index is 9.76. The zero-order valence-corrected chi connectivity index (χ0v) is 10.6. The van der Waals surface area contributed by atoms with Crippen molar-refractivity contribution < 1.29 is 5.11 Å². The van der Waals surface area contributed by atoms with Crippen molar-refractivity contribution in [3.05, 3.63) is 66.2 Å². The van der Waals surface area contributed by atoms with Gasteiger partial charge < -0.3 is 5.11 Å². The number of phenols is 1. The van der Waals surface area contributed by atoms with Crippen molar-refractivity contribution in [2.45, 2.75) is 6.04 Å². The lowest BCUT2D eigenvalue weighted by molar-refractivity contribution is 0.481. The third-order valence-corrected chi connectivity index (χ3v) is 3.14. The van der Waals surface area contributed by atoms with Crippen molar-refractivity contribution in [2.75, 3.05) is 0 Å². The molecule has 3 aromatic rings. The summed E-state index contributed by atoms with van der Waals surface area (Å²) in [5, 5.41) is 14.9. The van der Waals surface area contributed by atoms with Crippen LogP contribution in [0.5, 0.6) is 5.75 Å². The van der Waals surface area contributed by atoms with E-state index in [0.717, 1.165) is 5.39 Å². The zero-order chi connectivity index (χ0) is 13.9. The first kappa shape index (κ1) is 12.2. The molecule has 0 aliphatic carbocycles. The summed E-state index contributed by atoms with van der Waals surface area (Å²) in [4.78, 5) is 8.52. The highest BCUT2D eigenvalue weighted by Crippen LogP contribution is 2.28. The highest BCUT2D eigenvalue weighted by Gasteiger charge is 2.16. The second kappa shape index (κ2) is 5.05. The Labute approximate surface area is 115 Å². The van der Waals surface area contributed by atoms with Crippen LogP contribution < -0.4 is 0 Å². The minimum atomic E-state index is -0.525. The van der Waals surface area contributed by atoms with Gasteiger partial charge in [0, 0.05) is 17.8 Å². The van der Waals surface area contributed by atoms with Gasteiger partial charge in [0.1, 0.15) is 5.75 Å². The Balaban J connectivity index is 2.11. The van der Waals surface area contributed by atoms with Gasteiger partial charge in [-0.25, -0.2) is 5.53 Å². The number of hydrogen-bond donors (Lipinski definition) is 2. The summed E-state index contributed by atoms with van der Waals surface area (Å²) >= 11 is 0. The standard InChI is InChI=1S/C15H12N4O/c16-19-15(12-5-1-2-7-17-12)13-8-10-4-3-6-14(20)11(10)9-18-13/h1-9,15-16,20H. The second-order valence-corrected chi connectivity index (χ2v) is 4.39. The number of fused-ring (bicyclic) bond motifs is 1. The monoisotopic (exact) mass is 264 g/mol. The first-order valence-corrected chi connectivity index (χ1v) is 6.15. The fraction of sp³-hybridized carbons (Fsp3) is 0.0667. The number of pyridine rings is 2. The van der Waals surface area contributed by atoms with Crippen LogP contribution in [0.4, 0.5) is 0 Å².